The average molecular weight is 185 g/mol. The predicted octanol–water partition coefficient (Wildman–Crippen LogP) is 0.677. The van der Waals surface area contributed by atoms with Gasteiger partial charge in [0.05, 0.1) is 19.1 Å². The van der Waals surface area contributed by atoms with Crippen molar-refractivity contribution in [3.63, 3.8) is 0 Å². The van der Waals surface area contributed by atoms with Crippen molar-refractivity contribution >= 4 is 11.8 Å². The smallest absolute Gasteiger partial charge is 0.0703 e. The second kappa shape index (κ2) is 3.12. The maximum absolute atomic E-state index is 9.07. The number of nitrogens with zero attached hydrogens (tertiary/aromatic N) is 1. The Balaban J connectivity index is 2.46. The molecule has 0 amide bonds. The SMILES string of the molecule is OCc1cn2c(c1CO)CSC2. The summed E-state index contributed by atoms with van der Waals surface area (Å²) in [6.07, 6.45) is 1.93. The molecule has 1 aromatic rings. The third-order valence-corrected chi connectivity index (χ3v) is 3.13. The Morgan fingerprint density at radius 3 is 2.92 bits per heavy atom. The highest BCUT2D eigenvalue weighted by atomic mass is 32.2. The number of thioether (sulfide) groups is 1. The fraction of sp³-hybridized carbons (Fsp3) is 0.500. The van der Waals surface area contributed by atoms with Crippen molar-refractivity contribution in [2.45, 2.75) is 24.8 Å². The molecule has 0 radical (unpaired) electrons. The van der Waals surface area contributed by atoms with Gasteiger partial charge in [0.1, 0.15) is 0 Å². The molecule has 0 fully saturated rings. The minimum Gasteiger partial charge on any atom is -0.392 e. The van der Waals surface area contributed by atoms with Crippen molar-refractivity contribution in [3.8, 4) is 0 Å². The van der Waals surface area contributed by atoms with E-state index in [2.05, 4.69) is 4.57 Å². The fourth-order valence-corrected chi connectivity index (χ4v) is 2.61. The Morgan fingerprint density at radius 1 is 1.42 bits per heavy atom. The summed E-state index contributed by atoms with van der Waals surface area (Å²) in [6, 6.07) is 0. The summed E-state index contributed by atoms with van der Waals surface area (Å²) in [5.74, 6) is 1.90. The molecule has 0 aliphatic carbocycles. The van der Waals surface area contributed by atoms with Gasteiger partial charge in [-0.05, 0) is 0 Å². The lowest BCUT2D eigenvalue weighted by atomic mass is 10.2. The molecule has 1 aliphatic rings. The number of rotatable bonds is 2. The maximum atomic E-state index is 9.07. The van der Waals surface area contributed by atoms with Crippen molar-refractivity contribution < 1.29 is 10.2 Å². The molecule has 0 bridgehead atoms. The summed E-state index contributed by atoms with van der Waals surface area (Å²) in [5.41, 5.74) is 2.96. The average Bonchev–Trinajstić information content (AvgIpc) is 2.61. The molecule has 2 heterocycles. The first-order valence-electron chi connectivity index (χ1n) is 3.86. The zero-order valence-electron chi connectivity index (χ0n) is 6.66. The lowest BCUT2D eigenvalue weighted by Gasteiger charge is -1.98. The first-order chi connectivity index (χ1) is 5.86. The molecule has 2 rings (SSSR count). The molecular formula is C8H11NO2S. The molecule has 0 spiro atoms. The predicted molar refractivity (Wildman–Crippen MR) is 47.6 cm³/mol. The molecule has 0 aromatic carbocycles. The number of hydrogen-bond acceptors (Lipinski definition) is 3. The third-order valence-electron chi connectivity index (χ3n) is 2.19. The summed E-state index contributed by atoms with van der Waals surface area (Å²) in [6.45, 7) is 0.0688. The largest absolute Gasteiger partial charge is 0.392 e. The van der Waals surface area contributed by atoms with Crippen LogP contribution < -0.4 is 0 Å². The number of aliphatic hydroxyl groups is 2. The number of aromatic nitrogens is 1. The van der Waals surface area contributed by atoms with Gasteiger partial charge >= 0.3 is 0 Å². The standard InChI is InChI=1S/C8H11NO2S/c10-2-6-1-9-5-12-4-8(9)7(6)3-11/h1,10-11H,2-5H2. The van der Waals surface area contributed by atoms with Crippen molar-refractivity contribution in [2.24, 2.45) is 0 Å². The van der Waals surface area contributed by atoms with Crippen LogP contribution in [0, 0.1) is 0 Å². The fourth-order valence-electron chi connectivity index (χ4n) is 1.56. The van der Waals surface area contributed by atoms with Gasteiger partial charge in [-0.25, -0.2) is 0 Å². The number of hydrogen-bond donors (Lipinski definition) is 2. The molecule has 0 atom stereocenters. The third kappa shape index (κ3) is 1.07. The zero-order chi connectivity index (χ0) is 8.55. The van der Waals surface area contributed by atoms with Crippen LogP contribution in [0.5, 0.6) is 0 Å². The summed E-state index contributed by atoms with van der Waals surface area (Å²) >= 11 is 1.83. The van der Waals surface area contributed by atoms with E-state index in [1.54, 1.807) is 0 Å². The van der Waals surface area contributed by atoms with Crippen LogP contribution in [-0.4, -0.2) is 14.8 Å². The van der Waals surface area contributed by atoms with Crippen LogP contribution >= 0.6 is 11.8 Å². The van der Waals surface area contributed by atoms with Crippen molar-refractivity contribution in [1.29, 1.82) is 0 Å². The Morgan fingerprint density at radius 2 is 2.25 bits per heavy atom. The van der Waals surface area contributed by atoms with Gasteiger partial charge in [0.2, 0.25) is 0 Å². The highest BCUT2D eigenvalue weighted by molar-refractivity contribution is 7.97. The van der Waals surface area contributed by atoms with Crippen LogP contribution in [0.15, 0.2) is 6.20 Å². The van der Waals surface area contributed by atoms with Crippen LogP contribution in [0.4, 0.5) is 0 Å². The van der Waals surface area contributed by atoms with Crippen molar-refractivity contribution in [3.05, 3.63) is 23.0 Å². The first-order valence-corrected chi connectivity index (χ1v) is 5.01. The summed E-state index contributed by atoms with van der Waals surface area (Å²) in [5, 5.41) is 18.0. The number of fused-ring (bicyclic) bond motifs is 1. The second-order valence-corrected chi connectivity index (χ2v) is 3.80. The molecular weight excluding hydrogens is 174 g/mol. The Kier molecular flexibility index (Phi) is 2.12. The van der Waals surface area contributed by atoms with E-state index < -0.39 is 0 Å². The number of aliphatic hydroxyl groups excluding tert-OH is 2. The molecule has 66 valence electrons. The normalized spacial score (nSPS) is 15.2. The topological polar surface area (TPSA) is 45.4 Å². The van der Waals surface area contributed by atoms with Gasteiger partial charge in [-0.2, -0.15) is 0 Å². The second-order valence-electron chi connectivity index (χ2n) is 2.84. The van der Waals surface area contributed by atoms with Crippen LogP contribution in [0.3, 0.4) is 0 Å². The van der Waals surface area contributed by atoms with Crippen LogP contribution in [0.1, 0.15) is 16.8 Å². The van der Waals surface area contributed by atoms with Crippen LogP contribution in [0.2, 0.25) is 0 Å². The highest BCUT2D eigenvalue weighted by Gasteiger charge is 2.18. The van der Waals surface area contributed by atoms with Crippen molar-refractivity contribution in [2.75, 3.05) is 0 Å². The maximum Gasteiger partial charge on any atom is 0.0703 e. The molecule has 0 unspecified atom stereocenters. The van der Waals surface area contributed by atoms with Crippen LogP contribution in [-0.2, 0) is 24.8 Å². The van der Waals surface area contributed by atoms with Gasteiger partial charge in [-0.1, -0.05) is 0 Å². The van der Waals surface area contributed by atoms with E-state index in [0.717, 1.165) is 22.8 Å². The molecule has 12 heavy (non-hydrogen) atoms. The highest BCUT2D eigenvalue weighted by Crippen LogP contribution is 2.30. The van der Waals surface area contributed by atoms with E-state index in [4.69, 9.17) is 10.2 Å². The van der Waals surface area contributed by atoms with E-state index in [9.17, 15) is 0 Å². The monoisotopic (exact) mass is 185 g/mol. The molecule has 4 heteroatoms. The van der Waals surface area contributed by atoms with Gasteiger partial charge in [0.25, 0.3) is 0 Å². The Hall–Kier alpha value is -0.450. The Labute approximate surface area is 75.0 Å². The van der Waals surface area contributed by atoms with E-state index >= 15 is 0 Å². The molecule has 0 saturated heterocycles. The molecule has 1 aliphatic heterocycles. The van der Waals surface area contributed by atoms with Crippen LogP contribution in [0.25, 0.3) is 0 Å². The Bertz CT molecular complexity index is 295. The minimum absolute atomic E-state index is 0.0283. The quantitative estimate of drug-likeness (QED) is 0.712. The molecule has 1 aromatic heterocycles. The van der Waals surface area contributed by atoms with Gasteiger partial charge in [0, 0.05) is 28.8 Å². The lowest BCUT2D eigenvalue weighted by molar-refractivity contribution is 0.260. The first kappa shape index (κ1) is 8.16. The lowest BCUT2D eigenvalue weighted by Crippen LogP contribution is -1.93. The van der Waals surface area contributed by atoms with E-state index in [1.165, 1.54) is 5.69 Å². The van der Waals surface area contributed by atoms with E-state index in [1.807, 2.05) is 18.0 Å². The summed E-state index contributed by atoms with van der Waals surface area (Å²) < 4.78 is 2.10. The van der Waals surface area contributed by atoms with Gasteiger partial charge in [0.15, 0.2) is 0 Å². The van der Waals surface area contributed by atoms with Gasteiger partial charge < -0.3 is 14.8 Å². The minimum atomic E-state index is 0.0283. The van der Waals surface area contributed by atoms with Crippen molar-refractivity contribution in [1.82, 2.24) is 4.57 Å². The van der Waals surface area contributed by atoms with E-state index in [-0.39, 0.29) is 13.2 Å². The summed E-state index contributed by atoms with van der Waals surface area (Å²) in [4.78, 5) is 0. The molecule has 2 N–H and O–H groups in total. The van der Waals surface area contributed by atoms with Gasteiger partial charge in [-0.15, -0.1) is 11.8 Å². The molecule has 3 nitrogen and oxygen atoms in total. The summed E-state index contributed by atoms with van der Waals surface area (Å²) in [7, 11) is 0. The van der Waals surface area contributed by atoms with Gasteiger partial charge in [-0.3, -0.25) is 0 Å². The zero-order valence-corrected chi connectivity index (χ0v) is 7.47. The van der Waals surface area contributed by atoms with E-state index in [0.29, 0.717) is 0 Å². The molecule has 0 saturated carbocycles.